The summed E-state index contributed by atoms with van der Waals surface area (Å²) in [6, 6.07) is 8.14. The van der Waals surface area contributed by atoms with Crippen molar-refractivity contribution in [2.75, 3.05) is 0 Å². The third-order valence-electron chi connectivity index (χ3n) is 3.68. The van der Waals surface area contributed by atoms with Crippen molar-refractivity contribution < 1.29 is 17.7 Å². The second-order valence-electron chi connectivity index (χ2n) is 5.66. The van der Waals surface area contributed by atoms with E-state index in [2.05, 4.69) is 29.2 Å². The van der Waals surface area contributed by atoms with Crippen LogP contribution in [0.3, 0.4) is 0 Å². The predicted octanol–water partition coefficient (Wildman–Crippen LogP) is 3.72. The summed E-state index contributed by atoms with van der Waals surface area (Å²) < 4.78 is 41.9. The van der Waals surface area contributed by atoms with Crippen LogP contribution in [0.2, 0.25) is 0 Å². The number of benzene rings is 1. The molecule has 2 rings (SSSR count). The molecule has 0 unspecified atom stereocenters. The molecule has 1 aromatic heterocycles. The first-order chi connectivity index (χ1) is 11.8. The van der Waals surface area contributed by atoms with Crippen molar-refractivity contribution in [1.82, 2.24) is 10.1 Å². The van der Waals surface area contributed by atoms with Crippen LogP contribution in [0.5, 0.6) is 0 Å². The second-order valence-corrected chi connectivity index (χ2v) is 5.66. The summed E-state index contributed by atoms with van der Waals surface area (Å²) in [6.07, 6.45) is -1.03. The predicted molar refractivity (Wildman–Crippen MR) is 87.3 cm³/mol. The van der Waals surface area contributed by atoms with Gasteiger partial charge in [-0.15, -0.1) is 0 Å². The zero-order valence-corrected chi connectivity index (χ0v) is 13.7. The van der Waals surface area contributed by atoms with Crippen molar-refractivity contribution in [3.8, 4) is 0 Å². The lowest BCUT2D eigenvalue weighted by atomic mass is 10.0. The first-order valence-corrected chi connectivity index (χ1v) is 7.77. The van der Waals surface area contributed by atoms with Crippen LogP contribution in [0, 0.1) is 12.3 Å². The van der Waals surface area contributed by atoms with Gasteiger partial charge in [-0.05, 0) is 43.4 Å². The molecule has 0 saturated heterocycles. The van der Waals surface area contributed by atoms with Crippen LogP contribution in [0.4, 0.5) is 13.2 Å². The molecule has 0 saturated carbocycles. The number of alkyl halides is 3. The summed E-state index contributed by atoms with van der Waals surface area (Å²) in [5.74, 6) is 0.0876. The monoisotopic (exact) mass is 352 g/mol. The van der Waals surface area contributed by atoms with Crippen LogP contribution in [-0.2, 0) is 12.8 Å². The topological polar surface area (TPSA) is 88.8 Å². The molecule has 0 aliphatic heterocycles. The molecule has 0 radical (unpaired) electrons. The summed E-state index contributed by atoms with van der Waals surface area (Å²) in [6.45, 7) is 2.06. The number of allylic oxidation sites excluding steroid dienone is 2. The van der Waals surface area contributed by atoms with Gasteiger partial charge >= 0.3 is 6.18 Å². The number of aryl methyl sites for hydroxylation is 3. The summed E-state index contributed by atoms with van der Waals surface area (Å²) >= 11 is 0. The van der Waals surface area contributed by atoms with E-state index in [0.29, 0.717) is 18.3 Å². The Morgan fingerprint density at radius 3 is 2.60 bits per heavy atom. The molecular formula is C17H19F3N4O. The Kier molecular flexibility index (Phi) is 5.95. The van der Waals surface area contributed by atoms with Crippen molar-refractivity contribution in [2.45, 2.75) is 38.8 Å². The molecule has 3 N–H and O–H groups in total. The van der Waals surface area contributed by atoms with Gasteiger partial charge in [0, 0.05) is 6.42 Å². The van der Waals surface area contributed by atoms with E-state index in [0.717, 1.165) is 19.3 Å². The van der Waals surface area contributed by atoms with Gasteiger partial charge in [-0.25, -0.2) is 0 Å². The molecule has 0 amide bonds. The van der Waals surface area contributed by atoms with Crippen molar-refractivity contribution in [1.29, 1.82) is 5.41 Å². The molecule has 0 atom stereocenters. The van der Waals surface area contributed by atoms with E-state index in [-0.39, 0.29) is 5.89 Å². The second kappa shape index (κ2) is 7.96. The zero-order valence-electron chi connectivity index (χ0n) is 13.7. The number of halogens is 3. The third kappa shape index (κ3) is 5.44. The average molecular weight is 352 g/mol. The van der Waals surface area contributed by atoms with Gasteiger partial charge in [-0.2, -0.15) is 18.2 Å². The maximum atomic E-state index is 12.3. The van der Waals surface area contributed by atoms with Gasteiger partial charge in [0.05, 0.1) is 0 Å². The normalized spacial score (nSPS) is 12.4. The van der Waals surface area contributed by atoms with E-state index in [4.69, 9.17) is 15.7 Å². The quantitative estimate of drug-likeness (QED) is 0.587. The van der Waals surface area contributed by atoms with E-state index in [1.54, 1.807) is 0 Å². The minimum Gasteiger partial charge on any atom is -0.395 e. The maximum Gasteiger partial charge on any atom is 0.430 e. The number of nitrogens with zero attached hydrogens (tertiary/aromatic N) is 2. The van der Waals surface area contributed by atoms with E-state index < -0.39 is 17.6 Å². The highest BCUT2D eigenvalue weighted by atomic mass is 19.4. The highest BCUT2D eigenvalue weighted by Crippen LogP contribution is 2.21. The number of hydrogen-bond acceptors (Lipinski definition) is 5. The van der Waals surface area contributed by atoms with E-state index in [1.807, 2.05) is 12.1 Å². The first-order valence-electron chi connectivity index (χ1n) is 7.77. The Bertz CT molecular complexity index is 765. The fraction of sp³-hybridized carbons (Fsp3) is 0.353. The van der Waals surface area contributed by atoms with Crippen LogP contribution < -0.4 is 5.73 Å². The van der Waals surface area contributed by atoms with Crippen molar-refractivity contribution in [3.63, 3.8) is 0 Å². The molecule has 2 aromatic rings. The van der Waals surface area contributed by atoms with Crippen LogP contribution >= 0.6 is 0 Å². The zero-order chi connectivity index (χ0) is 18.4. The summed E-state index contributed by atoms with van der Waals surface area (Å²) in [7, 11) is 0. The molecule has 5 nitrogen and oxygen atoms in total. The van der Waals surface area contributed by atoms with Crippen LogP contribution in [0.1, 0.15) is 35.7 Å². The fourth-order valence-corrected chi connectivity index (χ4v) is 2.25. The molecule has 0 fully saturated rings. The van der Waals surface area contributed by atoms with Gasteiger partial charge in [-0.1, -0.05) is 29.4 Å². The molecule has 25 heavy (non-hydrogen) atoms. The Labute approximate surface area is 143 Å². The minimum absolute atomic E-state index is 0.277. The lowest BCUT2D eigenvalue weighted by Gasteiger charge is -2.04. The standard InChI is InChI=1S/C17H19F3N4O/c1-11-6-2-3-7-12(11)8-4-5-9-15-23-16(25-24-15)13(21)10-14(22)17(18,19)20/h2-3,6-7,10,21H,4-5,8-9,22H2,1H3/b14-10-,21-13?. The Balaban J connectivity index is 1.85. The summed E-state index contributed by atoms with van der Waals surface area (Å²) in [4.78, 5) is 3.94. The molecule has 0 aliphatic carbocycles. The maximum absolute atomic E-state index is 12.3. The van der Waals surface area contributed by atoms with Gasteiger partial charge in [0.25, 0.3) is 5.89 Å². The highest BCUT2D eigenvalue weighted by Gasteiger charge is 2.32. The van der Waals surface area contributed by atoms with Gasteiger partial charge < -0.3 is 10.3 Å². The van der Waals surface area contributed by atoms with Gasteiger partial charge in [0.1, 0.15) is 11.4 Å². The number of nitrogens with one attached hydrogen (secondary N) is 1. The first kappa shape index (κ1) is 18.7. The van der Waals surface area contributed by atoms with E-state index in [9.17, 15) is 13.2 Å². The minimum atomic E-state index is -4.69. The van der Waals surface area contributed by atoms with Crippen LogP contribution in [0.15, 0.2) is 40.6 Å². The van der Waals surface area contributed by atoms with E-state index in [1.165, 1.54) is 11.1 Å². The number of nitrogens with two attached hydrogens (primary N) is 1. The van der Waals surface area contributed by atoms with Crippen LogP contribution in [-0.4, -0.2) is 22.0 Å². The SMILES string of the molecule is Cc1ccccc1CCCCc1noc(C(=N)/C=C(\N)C(F)(F)F)n1. The number of hydrogen-bond donors (Lipinski definition) is 2. The highest BCUT2D eigenvalue weighted by molar-refractivity contribution is 6.03. The third-order valence-corrected chi connectivity index (χ3v) is 3.68. The van der Waals surface area contributed by atoms with Crippen LogP contribution in [0.25, 0.3) is 0 Å². The molecule has 1 heterocycles. The summed E-state index contributed by atoms with van der Waals surface area (Å²) in [5.41, 5.74) is 5.45. The molecule has 134 valence electrons. The number of rotatable bonds is 7. The smallest absolute Gasteiger partial charge is 0.395 e. The van der Waals surface area contributed by atoms with Crippen molar-refractivity contribution in [3.05, 3.63) is 58.9 Å². The molecule has 8 heteroatoms. The lowest BCUT2D eigenvalue weighted by Crippen LogP contribution is -2.20. The summed E-state index contributed by atoms with van der Waals surface area (Å²) in [5, 5.41) is 11.2. The number of unbranched alkanes of at least 4 members (excludes halogenated alkanes) is 1. The molecule has 0 aliphatic rings. The molecule has 0 bridgehead atoms. The largest absolute Gasteiger partial charge is 0.430 e. The van der Waals surface area contributed by atoms with Gasteiger partial charge in [0.2, 0.25) is 0 Å². The van der Waals surface area contributed by atoms with Crippen molar-refractivity contribution in [2.24, 2.45) is 5.73 Å². The Morgan fingerprint density at radius 1 is 1.24 bits per heavy atom. The van der Waals surface area contributed by atoms with Gasteiger partial charge in [-0.3, -0.25) is 5.41 Å². The Morgan fingerprint density at radius 2 is 1.92 bits per heavy atom. The molecule has 0 spiro atoms. The number of aromatic nitrogens is 2. The van der Waals surface area contributed by atoms with Crippen molar-refractivity contribution >= 4 is 5.71 Å². The van der Waals surface area contributed by atoms with Gasteiger partial charge in [0.15, 0.2) is 5.82 Å². The Hall–Kier alpha value is -2.64. The molecule has 1 aromatic carbocycles. The fourth-order valence-electron chi connectivity index (χ4n) is 2.25. The lowest BCUT2D eigenvalue weighted by molar-refractivity contribution is -0.0925. The average Bonchev–Trinajstić information content (AvgIpc) is 3.01. The van der Waals surface area contributed by atoms with E-state index >= 15 is 0 Å². The molecular weight excluding hydrogens is 333 g/mol.